The number of ether oxygens (including phenoxy) is 2. The Morgan fingerprint density at radius 1 is 1.16 bits per heavy atom. The molecule has 0 aliphatic carbocycles. The molecule has 0 amide bonds. The monoisotopic (exact) mass is 290 g/mol. The molecule has 1 unspecified atom stereocenters. The lowest BCUT2D eigenvalue weighted by Gasteiger charge is -2.46. The summed E-state index contributed by atoms with van der Waals surface area (Å²) in [6.45, 7) is 11.5. The summed E-state index contributed by atoms with van der Waals surface area (Å²) in [6, 6.07) is 0.981. The molecule has 0 bridgehead atoms. The lowest BCUT2D eigenvalue weighted by atomic mass is 9.76. The predicted molar refractivity (Wildman–Crippen MR) is 78.6 cm³/mol. The van der Waals surface area contributed by atoms with Gasteiger partial charge in [-0.1, -0.05) is 6.92 Å². The predicted octanol–water partition coefficient (Wildman–Crippen LogP) is 2.96. The fourth-order valence-corrected chi connectivity index (χ4v) is 5.23. The maximum atomic E-state index is 5.89. The molecule has 1 atom stereocenters. The summed E-state index contributed by atoms with van der Waals surface area (Å²) in [6.07, 6.45) is 2.35. The summed E-state index contributed by atoms with van der Waals surface area (Å²) < 4.78 is 22.9. The van der Waals surface area contributed by atoms with Crippen molar-refractivity contribution in [1.29, 1.82) is 0 Å². The van der Waals surface area contributed by atoms with Crippen LogP contribution >= 0.6 is 0 Å². The second kappa shape index (κ2) is 7.74. The second-order valence-corrected chi connectivity index (χ2v) is 8.82. The average molecular weight is 290 g/mol. The van der Waals surface area contributed by atoms with Gasteiger partial charge in [-0.2, -0.15) is 0 Å². The molecule has 0 N–H and O–H groups in total. The van der Waals surface area contributed by atoms with Crippen LogP contribution < -0.4 is 0 Å². The van der Waals surface area contributed by atoms with Crippen LogP contribution in [0.1, 0.15) is 33.6 Å². The lowest BCUT2D eigenvalue weighted by Crippen LogP contribution is -2.52. The third kappa shape index (κ3) is 4.26. The van der Waals surface area contributed by atoms with Gasteiger partial charge in [-0.25, -0.2) is 0 Å². The highest BCUT2D eigenvalue weighted by Crippen LogP contribution is 2.39. The SMILES string of the molecule is CCO[Si](C)(CCC(OC)C1(CC)COC1)OCC. The van der Waals surface area contributed by atoms with Gasteiger partial charge >= 0.3 is 8.56 Å². The molecule has 0 saturated carbocycles. The van der Waals surface area contributed by atoms with E-state index in [0.29, 0.717) is 0 Å². The van der Waals surface area contributed by atoms with Crippen LogP contribution in [0.25, 0.3) is 0 Å². The van der Waals surface area contributed by atoms with Crippen molar-refractivity contribution in [1.82, 2.24) is 0 Å². The molecule has 0 spiro atoms. The van der Waals surface area contributed by atoms with Gasteiger partial charge in [0.05, 0.1) is 19.3 Å². The van der Waals surface area contributed by atoms with Crippen LogP contribution in [0.2, 0.25) is 12.6 Å². The molecule has 1 saturated heterocycles. The molecule has 0 aromatic heterocycles. The Labute approximate surface area is 119 Å². The van der Waals surface area contributed by atoms with E-state index in [9.17, 15) is 0 Å². The van der Waals surface area contributed by atoms with Crippen molar-refractivity contribution >= 4 is 8.56 Å². The molecular formula is C14H30O4Si. The molecule has 1 heterocycles. The van der Waals surface area contributed by atoms with Gasteiger partial charge in [0.25, 0.3) is 0 Å². The summed E-state index contributed by atoms with van der Waals surface area (Å²) in [7, 11) is -0.223. The minimum absolute atomic E-state index is 0.211. The molecule has 0 aromatic rings. The zero-order valence-electron chi connectivity index (χ0n) is 13.2. The zero-order valence-corrected chi connectivity index (χ0v) is 14.2. The van der Waals surface area contributed by atoms with Crippen LogP contribution in [0.15, 0.2) is 0 Å². The van der Waals surface area contributed by atoms with Crippen molar-refractivity contribution in [3.8, 4) is 0 Å². The maximum absolute atomic E-state index is 5.89. The van der Waals surface area contributed by atoms with Gasteiger partial charge in [0, 0.05) is 25.7 Å². The van der Waals surface area contributed by atoms with Gasteiger partial charge in [0.2, 0.25) is 0 Å². The van der Waals surface area contributed by atoms with E-state index in [0.717, 1.165) is 45.3 Å². The molecule has 5 heteroatoms. The quantitative estimate of drug-likeness (QED) is 0.580. The largest absolute Gasteiger partial charge is 0.395 e. The third-order valence-corrected chi connectivity index (χ3v) is 7.21. The number of methoxy groups -OCH3 is 1. The zero-order chi connectivity index (χ0) is 14.4. The number of hydrogen-bond donors (Lipinski definition) is 0. The Bertz CT molecular complexity index is 244. The summed E-state index contributed by atoms with van der Waals surface area (Å²) in [5.41, 5.74) is 0.211. The van der Waals surface area contributed by atoms with Crippen molar-refractivity contribution in [2.24, 2.45) is 5.41 Å². The maximum Gasteiger partial charge on any atom is 0.335 e. The van der Waals surface area contributed by atoms with Gasteiger partial charge in [0.15, 0.2) is 0 Å². The molecule has 1 rings (SSSR count). The van der Waals surface area contributed by atoms with Crippen molar-refractivity contribution in [3.63, 3.8) is 0 Å². The van der Waals surface area contributed by atoms with Crippen molar-refractivity contribution in [2.75, 3.05) is 33.5 Å². The van der Waals surface area contributed by atoms with E-state index in [4.69, 9.17) is 18.3 Å². The van der Waals surface area contributed by atoms with E-state index < -0.39 is 8.56 Å². The fourth-order valence-electron chi connectivity index (χ4n) is 2.85. The number of hydrogen-bond acceptors (Lipinski definition) is 4. The average Bonchev–Trinajstić information content (AvgIpc) is 2.33. The molecule has 1 fully saturated rings. The molecule has 114 valence electrons. The number of rotatable bonds is 10. The van der Waals surface area contributed by atoms with Crippen molar-refractivity contribution < 1.29 is 18.3 Å². The van der Waals surface area contributed by atoms with Gasteiger partial charge in [-0.3, -0.25) is 0 Å². The first-order valence-electron chi connectivity index (χ1n) is 7.44. The summed E-state index contributed by atoms with van der Waals surface area (Å²) >= 11 is 0. The van der Waals surface area contributed by atoms with E-state index in [1.54, 1.807) is 7.11 Å². The van der Waals surface area contributed by atoms with Crippen LogP contribution in [0.5, 0.6) is 0 Å². The van der Waals surface area contributed by atoms with Gasteiger partial charge in [0.1, 0.15) is 0 Å². The molecule has 1 aliphatic heterocycles. The van der Waals surface area contributed by atoms with Crippen LogP contribution in [0, 0.1) is 5.41 Å². The normalized spacial score (nSPS) is 20.1. The van der Waals surface area contributed by atoms with E-state index in [2.05, 4.69) is 13.5 Å². The van der Waals surface area contributed by atoms with E-state index >= 15 is 0 Å². The highest BCUT2D eigenvalue weighted by Gasteiger charge is 2.45. The third-order valence-electron chi connectivity index (χ3n) is 4.21. The highest BCUT2D eigenvalue weighted by atomic mass is 28.4. The Hall–Kier alpha value is 0.0569. The van der Waals surface area contributed by atoms with E-state index in [1.807, 2.05) is 13.8 Å². The molecule has 0 aromatic carbocycles. The summed E-state index contributed by atoms with van der Waals surface area (Å²) in [4.78, 5) is 0. The first kappa shape index (κ1) is 17.1. The van der Waals surface area contributed by atoms with Crippen molar-refractivity contribution in [3.05, 3.63) is 0 Å². The van der Waals surface area contributed by atoms with Crippen LogP contribution in [-0.2, 0) is 18.3 Å². The molecule has 1 aliphatic rings. The minimum Gasteiger partial charge on any atom is -0.395 e. The Balaban J connectivity index is 2.55. The van der Waals surface area contributed by atoms with Gasteiger partial charge in [-0.05, 0) is 39.3 Å². The highest BCUT2D eigenvalue weighted by molar-refractivity contribution is 6.66. The Kier molecular flexibility index (Phi) is 6.97. The van der Waals surface area contributed by atoms with Crippen LogP contribution in [0.3, 0.4) is 0 Å². The van der Waals surface area contributed by atoms with E-state index in [-0.39, 0.29) is 11.5 Å². The second-order valence-electron chi connectivity index (χ2n) is 5.47. The van der Waals surface area contributed by atoms with Gasteiger partial charge in [-0.15, -0.1) is 0 Å². The Morgan fingerprint density at radius 3 is 2.05 bits per heavy atom. The minimum atomic E-state index is -2.03. The molecule has 0 radical (unpaired) electrons. The summed E-state index contributed by atoms with van der Waals surface area (Å²) in [5.74, 6) is 0. The van der Waals surface area contributed by atoms with Crippen molar-refractivity contribution in [2.45, 2.75) is 52.3 Å². The lowest BCUT2D eigenvalue weighted by molar-refractivity contribution is -0.182. The standard InChI is InChI=1S/C14H30O4Si/c1-6-14(11-16-12-14)13(15-4)9-10-19(5,17-7-2)18-8-3/h13H,6-12H2,1-5H3. The molecule has 4 nitrogen and oxygen atoms in total. The fraction of sp³-hybridized carbons (Fsp3) is 1.00. The molecule has 19 heavy (non-hydrogen) atoms. The van der Waals surface area contributed by atoms with E-state index in [1.165, 1.54) is 0 Å². The van der Waals surface area contributed by atoms with Crippen LogP contribution in [0.4, 0.5) is 0 Å². The topological polar surface area (TPSA) is 36.9 Å². The molecular weight excluding hydrogens is 260 g/mol. The van der Waals surface area contributed by atoms with Crippen LogP contribution in [-0.4, -0.2) is 48.2 Å². The first-order chi connectivity index (χ1) is 9.05. The summed E-state index contributed by atoms with van der Waals surface area (Å²) in [5, 5.41) is 0. The Morgan fingerprint density at radius 2 is 1.74 bits per heavy atom. The smallest absolute Gasteiger partial charge is 0.335 e. The van der Waals surface area contributed by atoms with Gasteiger partial charge < -0.3 is 18.3 Å². The first-order valence-corrected chi connectivity index (χ1v) is 9.96.